The first-order valence-electron chi connectivity index (χ1n) is 5.76. The fraction of sp³-hybridized carbons (Fsp3) is 0.455. The predicted octanol–water partition coefficient (Wildman–Crippen LogP) is -0.260. The SMILES string of the molecule is Cc1csc(=O)n1CC(=O)OCC(=O)N1CCOC1=O. The van der Waals surface area contributed by atoms with Crippen molar-refractivity contribution < 1.29 is 23.9 Å². The molecule has 108 valence electrons. The maximum Gasteiger partial charge on any atom is 0.416 e. The van der Waals surface area contributed by atoms with Gasteiger partial charge in [0.1, 0.15) is 13.2 Å². The lowest BCUT2D eigenvalue weighted by atomic mass is 10.5. The third-order valence-electron chi connectivity index (χ3n) is 2.68. The topological polar surface area (TPSA) is 94.9 Å². The molecule has 1 aliphatic heterocycles. The van der Waals surface area contributed by atoms with E-state index in [1.165, 1.54) is 4.57 Å². The number of ether oxygens (including phenoxy) is 2. The highest BCUT2D eigenvalue weighted by molar-refractivity contribution is 7.07. The molecule has 8 nitrogen and oxygen atoms in total. The Kier molecular flexibility index (Phi) is 4.18. The van der Waals surface area contributed by atoms with Gasteiger partial charge in [-0.15, -0.1) is 0 Å². The van der Waals surface area contributed by atoms with Gasteiger partial charge in [0.2, 0.25) is 0 Å². The first-order chi connectivity index (χ1) is 9.49. The number of thiazole rings is 1. The minimum absolute atomic E-state index is 0.141. The Hall–Kier alpha value is -2.16. The van der Waals surface area contributed by atoms with Gasteiger partial charge in [-0.3, -0.25) is 19.0 Å². The predicted molar refractivity (Wildman–Crippen MR) is 67.3 cm³/mol. The number of aryl methyl sites for hydroxylation is 1. The number of esters is 1. The van der Waals surface area contributed by atoms with Crippen molar-refractivity contribution in [1.29, 1.82) is 0 Å². The van der Waals surface area contributed by atoms with E-state index in [1.807, 2.05) is 0 Å². The van der Waals surface area contributed by atoms with Crippen molar-refractivity contribution in [3.05, 3.63) is 20.7 Å². The average molecular weight is 300 g/mol. The van der Waals surface area contributed by atoms with Crippen LogP contribution < -0.4 is 4.87 Å². The zero-order chi connectivity index (χ0) is 14.7. The van der Waals surface area contributed by atoms with Crippen LogP contribution in [-0.4, -0.2) is 47.2 Å². The fourth-order valence-electron chi connectivity index (χ4n) is 1.61. The van der Waals surface area contributed by atoms with E-state index in [0.717, 1.165) is 16.2 Å². The van der Waals surface area contributed by atoms with Crippen LogP contribution in [0.1, 0.15) is 5.69 Å². The summed E-state index contributed by atoms with van der Waals surface area (Å²) in [6.07, 6.45) is -0.740. The van der Waals surface area contributed by atoms with Gasteiger partial charge in [0.05, 0.1) is 6.54 Å². The van der Waals surface area contributed by atoms with Crippen LogP contribution in [0.5, 0.6) is 0 Å². The van der Waals surface area contributed by atoms with E-state index in [0.29, 0.717) is 5.69 Å². The zero-order valence-corrected chi connectivity index (χ0v) is 11.5. The van der Waals surface area contributed by atoms with Gasteiger partial charge in [-0.25, -0.2) is 9.69 Å². The smallest absolute Gasteiger partial charge is 0.416 e. The Morgan fingerprint density at radius 2 is 2.20 bits per heavy atom. The number of amides is 2. The molecule has 1 aromatic rings. The number of rotatable bonds is 4. The van der Waals surface area contributed by atoms with Gasteiger partial charge in [-0.1, -0.05) is 11.3 Å². The van der Waals surface area contributed by atoms with Crippen LogP contribution in [0.4, 0.5) is 4.79 Å². The Labute approximate surface area is 117 Å². The highest BCUT2D eigenvalue weighted by Gasteiger charge is 2.28. The normalized spacial score (nSPS) is 14.2. The van der Waals surface area contributed by atoms with Crippen molar-refractivity contribution in [2.45, 2.75) is 13.5 Å². The summed E-state index contributed by atoms with van der Waals surface area (Å²) in [4.78, 5) is 46.2. The third kappa shape index (κ3) is 3.05. The van der Waals surface area contributed by atoms with E-state index in [4.69, 9.17) is 4.74 Å². The second-order valence-corrected chi connectivity index (χ2v) is 4.87. The van der Waals surface area contributed by atoms with Crippen molar-refractivity contribution in [1.82, 2.24) is 9.47 Å². The molecule has 2 heterocycles. The molecule has 1 saturated heterocycles. The zero-order valence-electron chi connectivity index (χ0n) is 10.7. The Bertz CT molecular complexity index is 604. The lowest BCUT2D eigenvalue weighted by Gasteiger charge is -2.11. The van der Waals surface area contributed by atoms with Crippen LogP contribution in [0.2, 0.25) is 0 Å². The van der Waals surface area contributed by atoms with E-state index < -0.39 is 24.6 Å². The quantitative estimate of drug-likeness (QED) is 0.711. The van der Waals surface area contributed by atoms with Gasteiger partial charge in [0.15, 0.2) is 6.61 Å². The Balaban J connectivity index is 1.85. The largest absolute Gasteiger partial charge is 0.454 e. The summed E-state index contributed by atoms with van der Waals surface area (Å²) in [7, 11) is 0. The van der Waals surface area contributed by atoms with Crippen LogP contribution in [-0.2, 0) is 25.6 Å². The maximum atomic E-state index is 11.6. The maximum absolute atomic E-state index is 11.6. The first kappa shape index (κ1) is 14.3. The molecule has 0 radical (unpaired) electrons. The average Bonchev–Trinajstić information content (AvgIpc) is 2.96. The van der Waals surface area contributed by atoms with E-state index in [9.17, 15) is 19.2 Å². The van der Waals surface area contributed by atoms with E-state index >= 15 is 0 Å². The van der Waals surface area contributed by atoms with Crippen LogP contribution in [0.15, 0.2) is 10.2 Å². The number of carbonyl (C=O) groups excluding carboxylic acids is 3. The number of carbonyl (C=O) groups is 3. The molecule has 0 N–H and O–H groups in total. The summed E-state index contributed by atoms with van der Waals surface area (Å²) in [5.41, 5.74) is 0.645. The van der Waals surface area contributed by atoms with Crippen LogP contribution >= 0.6 is 11.3 Å². The number of hydrogen-bond donors (Lipinski definition) is 0. The number of cyclic esters (lactones) is 1. The fourth-order valence-corrected chi connectivity index (χ4v) is 2.35. The molecule has 1 fully saturated rings. The van der Waals surface area contributed by atoms with Gasteiger partial charge in [-0.05, 0) is 6.92 Å². The van der Waals surface area contributed by atoms with Crippen LogP contribution in [0, 0.1) is 6.92 Å². The highest BCUT2D eigenvalue weighted by Crippen LogP contribution is 2.04. The summed E-state index contributed by atoms with van der Waals surface area (Å²) in [6.45, 7) is 1.18. The molecule has 0 aliphatic carbocycles. The van der Waals surface area contributed by atoms with Crippen molar-refractivity contribution in [3.8, 4) is 0 Å². The van der Waals surface area contributed by atoms with Crippen molar-refractivity contribution in [3.63, 3.8) is 0 Å². The Morgan fingerprint density at radius 3 is 2.75 bits per heavy atom. The highest BCUT2D eigenvalue weighted by atomic mass is 32.1. The molecule has 0 atom stereocenters. The summed E-state index contributed by atoms with van der Waals surface area (Å²) in [5, 5.41) is 1.63. The molecule has 2 rings (SSSR count). The molecule has 0 bridgehead atoms. The second-order valence-electron chi connectivity index (χ2n) is 4.05. The molecule has 0 saturated carbocycles. The molecular formula is C11H12N2O6S. The number of imide groups is 1. The van der Waals surface area contributed by atoms with E-state index in [-0.39, 0.29) is 24.6 Å². The summed E-state index contributed by atoms with van der Waals surface area (Å²) < 4.78 is 10.6. The van der Waals surface area contributed by atoms with E-state index in [2.05, 4.69) is 4.74 Å². The van der Waals surface area contributed by atoms with Gasteiger partial charge < -0.3 is 9.47 Å². The van der Waals surface area contributed by atoms with Gasteiger partial charge in [0.25, 0.3) is 5.91 Å². The molecule has 1 aromatic heterocycles. The molecule has 1 aliphatic rings. The van der Waals surface area contributed by atoms with Gasteiger partial charge in [0, 0.05) is 11.1 Å². The van der Waals surface area contributed by atoms with Crippen molar-refractivity contribution in [2.24, 2.45) is 0 Å². The van der Waals surface area contributed by atoms with Gasteiger partial charge in [-0.2, -0.15) is 0 Å². The monoisotopic (exact) mass is 300 g/mol. The summed E-state index contributed by atoms with van der Waals surface area (Å²) >= 11 is 0.981. The molecule has 2 amide bonds. The molecule has 0 unspecified atom stereocenters. The molecule has 0 aromatic carbocycles. The summed E-state index contributed by atoms with van der Waals surface area (Å²) in [6, 6.07) is 0. The number of hydrogen-bond acceptors (Lipinski definition) is 7. The standard InChI is InChI=1S/C11H12N2O6S/c1-7-6-20-11(17)13(7)4-9(15)19-5-8(14)12-2-3-18-10(12)16/h6H,2-5H2,1H3. The second kappa shape index (κ2) is 5.87. The lowest BCUT2D eigenvalue weighted by Crippen LogP contribution is -2.35. The molecule has 20 heavy (non-hydrogen) atoms. The van der Waals surface area contributed by atoms with Crippen molar-refractivity contribution in [2.75, 3.05) is 19.8 Å². The van der Waals surface area contributed by atoms with Crippen LogP contribution in [0.3, 0.4) is 0 Å². The minimum atomic E-state index is -0.740. The number of aromatic nitrogens is 1. The number of nitrogens with zero attached hydrogens (tertiary/aromatic N) is 2. The molecule has 0 spiro atoms. The third-order valence-corrected chi connectivity index (χ3v) is 3.56. The summed E-state index contributed by atoms with van der Waals surface area (Å²) in [5.74, 6) is -1.36. The first-order valence-corrected chi connectivity index (χ1v) is 6.64. The molecular weight excluding hydrogens is 288 g/mol. The van der Waals surface area contributed by atoms with Crippen LogP contribution in [0.25, 0.3) is 0 Å². The molecule has 9 heteroatoms. The minimum Gasteiger partial charge on any atom is -0.454 e. The lowest BCUT2D eigenvalue weighted by molar-refractivity contribution is -0.151. The van der Waals surface area contributed by atoms with Crippen molar-refractivity contribution >= 4 is 29.3 Å². The van der Waals surface area contributed by atoms with E-state index in [1.54, 1.807) is 12.3 Å². The Morgan fingerprint density at radius 1 is 1.45 bits per heavy atom. The van der Waals surface area contributed by atoms with Gasteiger partial charge >= 0.3 is 16.9 Å².